The fourth-order valence-corrected chi connectivity index (χ4v) is 1.98. The summed E-state index contributed by atoms with van der Waals surface area (Å²) >= 11 is 1.86. The van der Waals surface area contributed by atoms with Gasteiger partial charge in [-0.2, -0.15) is 0 Å². The van der Waals surface area contributed by atoms with Crippen LogP contribution < -0.4 is 0 Å². The number of hydrogen-bond acceptors (Lipinski definition) is 1. The maximum absolute atomic E-state index is 2.22. The van der Waals surface area contributed by atoms with Crippen molar-refractivity contribution in [1.29, 1.82) is 0 Å². The van der Waals surface area contributed by atoms with Crippen LogP contribution in [-0.4, -0.2) is 0 Å². The van der Waals surface area contributed by atoms with Crippen molar-refractivity contribution in [2.45, 2.75) is 6.92 Å². The molecule has 0 aromatic carbocycles. The summed E-state index contributed by atoms with van der Waals surface area (Å²) in [6, 6.07) is 0. The Labute approximate surface area is 59.3 Å². The highest BCUT2D eigenvalue weighted by atomic mass is 32.2. The lowest BCUT2D eigenvalue weighted by Gasteiger charge is -1.92. The minimum atomic E-state index is 1.39. The van der Waals surface area contributed by atoms with Crippen LogP contribution in [0.15, 0.2) is 34.8 Å². The summed E-state index contributed by atoms with van der Waals surface area (Å²) in [5.74, 6) is 0. The maximum Gasteiger partial charge on any atom is 0.0550 e. The minimum absolute atomic E-state index is 1.39. The molecule has 0 amide bonds. The summed E-state index contributed by atoms with van der Waals surface area (Å²) in [6.07, 6.45) is 8.63. The molecule has 0 saturated heterocycles. The van der Waals surface area contributed by atoms with Crippen LogP contribution in [0.2, 0.25) is 0 Å². The fraction of sp³-hybridized carbons (Fsp3) is 0.125. The normalized spacial score (nSPS) is 24.1. The summed E-state index contributed by atoms with van der Waals surface area (Å²) in [4.78, 5) is 1.41. The molecule has 45 valence electrons. The highest BCUT2D eigenvalue weighted by molar-refractivity contribution is 8.06. The third-order valence-corrected chi connectivity index (χ3v) is 2.47. The van der Waals surface area contributed by atoms with Crippen LogP contribution in [0.1, 0.15) is 6.92 Å². The van der Waals surface area contributed by atoms with E-state index in [2.05, 4.69) is 31.2 Å². The molecule has 0 spiro atoms. The van der Waals surface area contributed by atoms with E-state index in [0.29, 0.717) is 0 Å². The lowest BCUT2D eigenvalue weighted by molar-refractivity contribution is 1.49. The van der Waals surface area contributed by atoms with Gasteiger partial charge in [0, 0.05) is 4.91 Å². The molecule has 9 heavy (non-hydrogen) atoms. The number of thioether (sulfide) groups is 1. The first-order valence-corrected chi connectivity index (χ1v) is 3.80. The smallest absolute Gasteiger partial charge is 0.0550 e. The van der Waals surface area contributed by atoms with Gasteiger partial charge in [-0.3, -0.25) is 0 Å². The summed E-state index contributed by atoms with van der Waals surface area (Å²) < 4.78 is 0. The van der Waals surface area contributed by atoms with E-state index >= 15 is 0 Å². The molecular weight excluding hydrogens is 128 g/mol. The number of fused-ring (bicyclic) bond motifs is 1. The monoisotopic (exact) mass is 135 g/mol. The molecule has 1 aliphatic heterocycles. The van der Waals surface area contributed by atoms with Gasteiger partial charge < -0.3 is 0 Å². The van der Waals surface area contributed by atoms with E-state index in [9.17, 15) is 0 Å². The molecule has 0 bridgehead atoms. The van der Waals surface area contributed by atoms with Crippen LogP contribution in [0.5, 0.6) is 0 Å². The van der Waals surface area contributed by atoms with Gasteiger partial charge in [-0.25, -0.2) is 0 Å². The molecule has 0 fully saturated rings. The second-order valence-electron chi connectivity index (χ2n) is 2.20. The Morgan fingerprint density at radius 2 is 2.33 bits per heavy atom. The first-order valence-electron chi connectivity index (χ1n) is 2.98. The highest BCUT2D eigenvalue weighted by Crippen LogP contribution is 2.43. The van der Waals surface area contributed by atoms with Crippen molar-refractivity contribution < 1.29 is 0 Å². The van der Waals surface area contributed by atoms with Crippen LogP contribution >= 0.6 is 11.8 Å². The number of rotatable bonds is 0. The van der Waals surface area contributed by atoms with Crippen molar-refractivity contribution in [3.05, 3.63) is 40.0 Å². The molecule has 0 saturated carbocycles. The Morgan fingerprint density at radius 1 is 1.44 bits per heavy atom. The quantitative estimate of drug-likeness (QED) is 0.492. The average molecular weight is 135 g/mol. The highest BCUT2D eigenvalue weighted by Gasteiger charge is 2.17. The van der Waals surface area contributed by atoms with Gasteiger partial charge in [-0.05, 0) is 18.6 Å². The minimum Gasteiger partial charge on any atom is -0.113 e. The van der Waals surface area contributed by atoms with Crippen LogP contribution in [0, 0.1) is 5.25 Å². The molecule has 0 N–H and O–H groups in total. The third kappa shape index (κ3) is 0.761. The van der Waals surface area contributed by atoms with Crippen LogP contribution in [0.4, 0.5) is 0 Å². The van der Waals surface area contributed by atoms with E-state index in [4.69, 9.17) is 0 Å². The molecule has 1 aliphatic carbocycles. The first-order chi connectivity index (χ1) is 4.36. The van der Waals surface area contributed by atoms with Crippen molar-refractivity contribution in [3.63, 3.8) is 0 Å². The summed E-state index contributed by atoms with van der Waals surface area (Å²) in [5.41, 5.74) is 1.39. The number of allylic oxidation sites excluding steroid dienone is 4. The van der Waals surface area contributed by atoms with Crippen molar-refractivity contribution in [3.8, 4) is 0 Å². The van der Waals surface area contributed by atoms with Gasteiger partial charge in [-0.15, -0.1) is 11.8 Å². The molecule has 0 aromatic heterocycles. The molecule has 1 heteroatoms. The van der Waals surface area contributed by atoms with E-state index < -0.39 is 0 Å². The van der Waals surface area contributed by atoms with Gasteiger partial charge in [0.05, 0.1) is 5.25 Å². The van der Waals surface area contributed by atoms with Crippen LogP contribution in [0.25, 0.3) is 0 Å². The SMILES string of the molecule is C[C]1C=C2C=CC=C2S1. The lowest BCUT2D eigenvalue weighted by atomic mass is 10.2. The van der Waals surface area contributed by atoms with Crippen molar-refractivity contribution in [1.82, 2.24) is 0 Å². The Kier molecular flexibility index (Phi) is 1.06. The number of hydrogen-bond donors (Lipinski definition) is 0. The van der Waals surface area contributed by atoms with E-state index in [1.807, 2.05) is 11.8 Å². The van der Waals surface area contributed by atoms with E-state index in [1.165, 1.54) is 15.7 Å². The van der Waals surface area contributed by atoms with E-state index in [1.54, 1.807) is 0 Å². The summed E-state index contributed by atoms with van der Waals surface area (Å²) in [6.45, 7) is 2.14. The summed E-state index contributed by atoms with van der Waals surface area (Å²) in [7, 11) is 0. The molecule has 0 unspecified atom stereocenters. The van der Waals surface area contributed by atoms with Crippen molar-refractivity contribution in [2.75, 3.05) is 0 Å². The zero-order valence-corrected chi connectivity index (χ0v) is 6.03. The predicted molar refractivity (Wildman–Crippen MR) is 41.8 cm³/mol. The van der Waals surface area contributed by atoms with Gasteiger partial charge in [0.15, 0.2) is 0 Å². The lowest BCUT2D eigenvalue weighted by Crippen LogP contribution is -1.66. The standard InChI is InChI=1S/C8H7S/c1-6-5-7-3-2-4-8(7)9-6/h2-5H,1H3. The van der Waals surface area contributed by atoms with Crippen LogP contribution in [0.3, 0.4) is 0 Å². The average Bonchev–Trinajstić information content (AvgIpc) is 2.22. The molecule has 2 aliphatic rings. The Morgan fingerprint density at radius 3 is 3.11 bits per heavy atom. The van der Waals surface area contributed by atoms with E-state index in [-0.39, 0.29) is 0 Å². The molecule has 0 aromatic rings. The van der Waals surface area contributed by atoms with Crippen molar-refractivity contribution >= 4 is 11.8 Å². The van der Waals surface area contributed by atoms with Crippen molar-refractivity contribution in [2.24, 2.45) is 0 Å². The third-order valence-electron chi connectivity index (χ3n) is 1.44. The maximum atomic E-state index is 2.22. The Hall–Kier alpha value is -0.430. The molecule has 2 rings (SSSR count). The largest absolute Gasteiger partial charge is 0.113 e. The van der Waals surface area contributed by atoms with Gasteiger partial charge in [0.25, 0.3) is 0 Å². The molecule has 1 radical (unpaired) electrons. The Bertz CT molecular complexity index is 221. The molecule has 0 nitrogen and oxygen atoms in total. The summed E-state index contributed by atoms with van der Waals surface area (Å²) in [5, 5.41) is 1.40. The topological polar surface area (TPSA) is 0 Å². The van der Waals surface area contributed by atoms with Crippen LogP contribution in [-0.2, 0) is 0 Å². The first kappa shape index (κ1) is 5.36. The molecule has 1 heterocycles. The second kappa shape index (κ2) is 1.77. The fourth-order valence-electron chi connectivity index (χ4n) is 1.05. The zero-order chi connectivity index (χ0) is 6.27. The second-order valence-corrected chi connectivity index (χ2v) is 3.49. The van der Waals surface area contributed by atoms with Gasteiger partial charge >= 0.3 is 0 Å². The van der Waals surface area contributed by atoms with Gasteiger partial charge in [-0.1, -0.05) is 18.2 Å². The molecule has 0 atom stereocenters. The van der Waals surface area contributed by atoms with Gasteiger partial charge in [0.2, 0.25) is 0 Å². The van der Waals surface area contributed by atoms with E-state index in [0.717, 1.165) is 0 Å². The molecular formula is C8H7S. The predicted octanol–water partition coefficient (Wildman–Crippen LogP) is 2.67. The Balaban J connectivity index is 2.40. The zero-order valence-electron chi connectivity index (χ0n) is 5.22. The van der Waals surface area contributed by atoms with Gasteiger partial charge in [0.1, 0.15) is 0 Å².